The van der Waals surface area contributed by atoms with E-state index in [1.807, 2.05) is 12.3 Å². The van der Waals surface area contributed by atoms with Gasteiger partial charge in [-0.15, -0.1) is 0 Å². The van der Waals surface area contributed by atoms with Crippen LogP contribution in [0.5, 0.6) is 0 Å². The summed E-state index contributed by atoms with van der Waals surface area (Å²) in [5.41, 5.74) is 3.90. The number of anilines is 3. The Balaban J connectivity index is 1.33. The molecule has 36 heavy (non-hydrogen) atoms. The van der Waals surface area contributed by atoms with Crippen LogP contribution < -0.4 is 10.2 Å². The number of fused-ring (bicyclic) bond motifs is 1. The summed E-state index contributed by atoms with van der Waals surface area (Å²) >= 11 is 0. The van der Waals surface area contributed by atoms with Crippen LogP contribution in [-0.4, -0.2) is 64.1 Å². The summed E-state index contributed by atoms with van der Waals surface area (Å²) in [5.74, 6) is 1.56. The number of carbonyl (C=O) groups excluding carboxylic acids is 1. The highest BCUT2D eigenvalue weighted by Gasteiger charge is 2.23. The first-order chi connectivity index (χ1) is 17.7. The van der Waals surface area contributed by atoms with Gasteiger partial charge >= 0.3 is 5.97 Å². The second-order valence-electron chi connectivity index (χ2n) is 9.13. The molecule has 1 aliphatic carbocycles. The predicted molar refractivity (Wildman–Crippen MR) is 135 cm³/mol. The zero-order valence-corrected chi connectivity index (χ0v) is 20.1. The van der Waals surface area contributed by atoms with E-state index in [1.165, 1.54) is 20.0 Å². The average Bonchev–Trinajstić information content (AvgIpc) is 3.66. The molecule has 10 heteroatoms. The van der Waals surface area contributed by atoms with E-state index in [9.17, 15) is 4.79 Å². The van der Waals surface area contributed by atoms with Gasteiger partial charge in [0.2, 0.25) is 5.95 Å². The number of nitrogens with zero attached hydrogens (tertiary/aromatic N) is 6. The monoisotopic (exact) mass is 485 g/mol. The molecule has 1 aromatic carbocycles. The van der Waals surface area contributed by atoms with Crippen LogP contribution in [-0.2, 0) is 16.0 Å². The zero-order chi connectivity index (χ0) is 24.5. The van der Waals surface area contributed by atoms with E-state index in [1.54, 1.807) is 18.3 Å². The van der Waals surface area contributed by atoms with Gasteiger partial charge in [0.25, 0.3) is 0 Å². The molecule has 1 saturated carbocycles. The predicted octanol–water partition coefficient (Wildman–Crippen LogP) is 3.67. The Morgan fingerprint density at radius 3 is 2.72 bits per heavy atom. The Labute approximate surface area is 208 Å². The van der Waals surface area contributed by atoms with Crippen molar-refractivity contribution in [1.82, 2.24) is 24.7 Å². The molecule has 1 N–H and O–H groups in total. The zero-order valence-electron chi connectivity index (χ0n) is 20.1. The van der Waals surface area contributed by atoms with Crippen molar-refractivity contribution in [2.75, 3.05) is 43.6 Å². The Hall–Kier alpha value is -4.05. The highest BCUT2D eigenvalue weighted by molar-refractivity contribution is 5.87. The Morgan fingerprint density at radius 1 is 1.11 bits per heavy atom. The molecule has 2 fully saturated rings. The van der Waals surface area contributed by atoms with Crippen molar-refractivity contribution in [2.45, 2.75) is 19.4 Å². The van der Waals surface area contributed by atoms with Crippen LogP contribution in [0.1, 0.15) is 23.3 Å². The maximum atomic E-state index is 11.7. The lowest BCUT2D eigenvalue weighted by Gasteiger charge is -2.27. The molecular weight excluding hydrogens is 458 g/mol. The SMILES string of the molecule is COC(=O)c1ccc(Nc2cc(-c3ccc4c(cnn4CC4CC4)c3)nc(N3CCOCC3)n2)cn1. The van der Waals surface area contributed by atoms with Crippen LogP contribution >= 0.6 is 0 Å². The van der Waals surface area contributed by atoms with E-state index in [0.29, 0.717) is 30.7 Å². The fourth-order valence-corrected chi connectivity index (χ4v) is 4.33. The first-order valence-electron chi connectivity index (χ1n) is 12.2. The van der Waals surface area contributed by atoms with Crippen molar-refractivity contribution in [3.05, 3.63) is 54.5 Å². The number of ether oxygens (including phenoxy) is 2. The van der Waals surface area contributed by atoms with Gasteiger partial charge in [0, 0.05) is 36.7 Å². The molecule has 184 valence electrons. The third-order valence-electron chi connectivity index (χ3n) is 6.50. The molecule has 0 radical (unpaired) electrons. The number of methoxy groups -OCH3 is 1. The van der Waals surface area contributed by atoms with Gasteiger partial charge in [0.1, 0.15) is 11.5 Å². The van der Waals surface area contributed by atoms with Gasteiger partial charge in [0.05, 0.1) is 49.6 Å². The van der Waals surface area contributed by atoms with Crippen molar-refractivity contribution in [2.24, 2.45) is 5.92 Å². The molecule has 0 amide bonds. The molecule has 0 atom stereocenters. The minimum atomic E-state index is -0.476. The van der Waals surface area contributed by atoms with Crippen LogP contribution in [0, 0.1) is 5.92 Å². The van der Waals surface area contributed by atoms with Crippen molar-refractivity contribution in [3.8, 4) is 11.3 Å². The summed E-state index contributed by atoms with van der Waals surface area (Å²) in [7, 11) is 1.33. The minimum Gasteiger partial charge on any atom is -0.464 e. The number of morpholine rings is 1. The third-order valence-corrected chi connectivity index (χ3v) is 6.50. The highest BCUT2D eigenvalue weighted by atomic mass is 16.5. The first-order valence-corrected chi connectivity index (χ1v) is 12.2. The molecule has 1 saturated heterocycles. The topological polar surface area (TPSA) is 107 Å². The van der Waals surface area contributed by atoms with Gasteiger partial charge < -0.3 is 19.7 Å². The number of rotatable bonds is 7. The van der Waals surface area contributed by atoms with E-state index in [-0.39, 0.29) is 5.69 Å². The number of benzene rings is 1. The number of pyridine rings is 1. The molecule has 0 unspecified atom stereocenters. The second kappa shape index (κ2) is 9.54. The quantitative estimate of drug-likeness (QED) is 0.392. The van der Waals surface area contributed by atoms with Crippen LogP contribution in [0.2, 0.25) is 0 Å². The molecule has 4 aromatic rings. The van der Waals surface area contributed by atoms with Gasteiger partial charge in [-0.1, -0.05) is 6.07 Å². The normalized spacial score (nSPS) is 15.8. The Kier molecular flexibility index (Phi) is 5.94. The van der Waals surface area contributed by atoms with Crippen molar-refractivity contribution in [3.63, 3.8) is 0 Å². The van der Waals surface area contributed by atoms with E-state index < -0.39 is 5.97 Å². The van der Waals surface area contributed by atoms with E-state index in [4.69, 9.17) is 19.4 Å². The van der Waals surface area contributed by atoms with Gasteiger partial charge in [-0.05, 0) is 43.0 Å². The fourth-order valence-electron chi connectivity index (χ4n) is 4.33. The molecule has 10 nitrogen and oxygen atoms in total. The Morgan fingerprint density at radius 2 is 1.97 bits per heavy atom. The number of nitrogens with one attached hydrogen (secondary N) is 1. The van der Waals surface area contributed by atoms with Gasteiger partial charge in [0.15, 0.2) is 0 Å². The summed E-state index contributed by atoms with van der Waals surface area (Å²) in [6.07, 6.45) is 6.10. The van der Waals surface area contributed by atoms with E-state index in [2.05, 4.69) is 43.2 Å². The first kappa shape index (κ1) is 22.4. The summed E-state index contributed by atoms with van der Waals surface area (Å²) in [4.78, 5) is 27.7. The van der Waals surface area contributed by atoms with Crippen molar-refractivity contribution < 1.29 is 14.3 Å². The largest absolute Gasteiger partial charge is 0.464 e. The number of carbonyl (C=O) groups is 1. The molecule has 0 spiro atoms. The number of hydrogen-bond donors (Lipinski definition) is 1. The lowest BCUT2D eigenvalue weighted by atomic mass is 10.1. The van der Waals surface area contributed by atoms with Crippen LogP contribution in [0.25, 0.3) is 22.2 Å². The molecule has 0 bridgehead atoms. The standard InChI is InChI=1S/C26H27N7O3/c1-35-25(34)21-6-5-20(15-27-21)29-24-13-22(30-26(31-24)32-8-10-36-11-9-32)18-4-7-23-19(12-18)14-28-33(23)16-17-2-3-17/h4-7,12-15,17H,2-3,8-11,16H2,1H3,(H,29,30,31). The lowest BCUT2D eigenvalue weighted by molar-refractivity contribution is 0.0594. The van der Waals surface area contributed by atoms with Crippen LogP contribution in [0.3, 0.4) is 0 Å². The van der Waals surface area contributed by atoms with Gasteiger partial charge in [-0.3, -0.25) is 4.68 Å². The molecule has 6 rings (SSSR count). The second-order valence-corrected chi connectivity index (χ2v) is 9.13. The smallest absolute Gasteiger partial charge is 0.356 e. The van der Waals surface area contributed by atoms with Gasteiger partial charge in [-0.2, -0.15) is 10.1 Å². The lowest BCUT2D eigenvalue weighted by Crippen LogP contribution is -2.37. The maximum Gasteiger partial charge on any atom is 0.356 e. The Bertz CT molecular complexity index is 1390. The molecule has 4 heterocycles. The number of hydrogen-bond acceptors (Lipinski definition) is 9. The summed E-state index contributed by atoms with van der Waals surface area (Å²) < 4.78 is 12.4. The molecular formula is C26H27N7O3. The average molecular weight is 486 g/mol. The van der Waals surface area contributed by atoms with E-state index >= 15 is 0 Å². The van der Waals surface area contributed by atoms with E-state index in [0.717, 1.165) is 47.7 Å². The van der Waals surface area contributed by atoms with Gasteiger partial charge in [-0.25, -0.2) is 14.8 Å². The number of esters is 1. The number of aromatic nitrogens is 5. The summed E-state index contributed by atoms with van der Waals surface area (Å²) in [5, 5.41) is 9.01. The summed E-state index contributed by atoms with van der Waals surface area (Å²) in [6, 6.07) is 11.7. The van der Waals surface area contributed by atoms with Crippen molar-refractivity contribution in [1.29, 1.82) is 0 Å². The van der Waals surface area contributed by atoms with Crippen LogP contribution in [0.4, 0.5) is 17.5 Å². The highest BCUT2D eigenvalue weighted by Crippen LogP contribution is 2.32. The third kappa shape index (κ3) is 4.72. The minimum absolute atomic E-state index is 0.246. The summed E-state index contributed by atoms with van der Waals surface area (Å²) in [6.45, 7) is 3.72. The molecule has 2 aliphatic rings. The molecule has 1 aliphatic heterocycles. The van der Waals surface area contributed by atoms with Crippen molar-refractivity contribution >= 4 is 34.3 Å². The molecule has 3 aromatic heterocycles. The van der Waals surface area contributed by atoms with Crippen LogP contribution in [0.15, 0.2) is 48.8 Å². The maximum absolute atomic E-state index is 11.7. The fraction of sp³-hybridized carbons (Fsp3) is 0.346.